The Hall–Kier alpha value is -2.12. The zero-order valence-corrected chi connectivity index (χ0v) is 12.8. The Kier molecular flexibility index (Phi) is 4.21. The highest BCUT2D eigenvalue weighted by Gasteiger charge is 2.18. The van der Waals surface area contributed by atoms with E-state index >= 15 is 0 Å². The fraction of sp³-hybridized carbons (Fsp3) is 0.125. The van der Waals surface area contributed by atoms with Crippen LogP contribution in [0.2, 0.25) is 0 Å². The second kappa shape index (κ2) is 5.89. The first-order valence-electron chi connectivity index (χ1n) is 6.08. The van der Waals surface area contributed by atoms with Crippen molar-refractivity contribution in [2.45, 2.75) is 6.92 Å². The second-order valence-electron chi connectivity index (χ2n) is 4.41. The molecule has 2 aromatic carbocycles. The van der Waals surface area contributed by atoms with E-state index in [-0.39, 0.29) is 5.91 Å². The molecule has 0 aliphatic carbocycles. The fourth-order valence-corrected chi connectivity index (χ4v) is 2.36. The quantitative estimate of drug-likeness (QED) is 0.838. The van der Waals surface area contributed by atoms with Gasteiger partial charge < -0.3 is 4.90 Å². The van der Waals surface area contributed by atoms with Gasteiger partial charge in [-0.25, -0.2) is 0 Å². The molecule has 0 heterocycles. The molecule has 0 radical (unpaired) electrons. The van der Waals surface area contributed by atoms with E-state index in [0.29, 0.717) is 16.8 Å². The smallest absolute Gasteiger partial charge is 0.258 e. The predicted molar refractivity (Wildman–Crippen MR) is 82.8 cm³/mol. The van der Waals surface area contributed by atoms with Gasteiger partial charge in [0.1, 0.15) is 6.07 Å². The Morgan fingerprint density at radius 3 is 2.60 bits per heavy atom. The van der Waals surface area contributed by atoms with Crippen LogP contribution in [0.5, 0.6) is 0 Å². The highest BCUT2D eigenvalue weighted by molar-refractivity contribution is 9.10. The van der Waals surface area contributed by atoms with Crippen molar-refractivity contribution < 1.29 is 4.79 Å². The third-order valence-corrected chi connectivity index (χ3v) is 4.05. The van der Waals surface area contributed by atoms with Crippen LogP contribution in [0.15, 0.2) is 46.9 Å². The van der Waals surface area contributed by atoms with Crippen molar-refractivity contribution in [1.29, 1.82) is 5.26 Å². The molecular formula is C16H13BrN2O. The molecule has 0 aliphatic heterocycles. The molecule has 0 aromatic heterocycles. The van der Waals surface area contributed by atoms with Gasteiger partial charge in [-0.05, 0) is 36.8 Å². The summed E-state index contributed by atoms with van der Waals surface area (Å²) >= 11 is 3.42. The molecule has 20 heavy (non-hydrogen) atoms. The molecule has 2 aromatic rings. The summed E-state index contributed by atoms with van der Waals surface area (Å²) in [7, 11) is 1.68. The molecular weight excluding hydrogens is 316 g/mol. The summed E-state index contributed by atoms with van der Waals surface area (Å²) in [4.78, 5) is 14.1. The Morgan fingerprint density at radius 2 is 1.90 bits per heavy atom. The molecule has 100 valence electrons. The molecule has 3 nitrogen and oxygen atoms in total. The van der Waals surface area contributed by atoms with Crippen LogP contribution in [0, 0.1) is 18.3 Å². The van der Waals surface area contributed by atoms with Gasteiger partial charge >= 0.3 is 0 Å². The Morgan fingerprint density at radius 1 is 1.20 bits per heavy atom. The molecule has 0 fully saturated rings. The topological polar surface area (TPSA) is 44.1 Å². The summed E-state index contributed by atoms with van der Waals surface area (Å²) in [5.74, 6) is -0.133. The molecule has 1 amide bonds. The molecule has 0 aliphatic rings. The van der Waals surface area contributed by atoms with Gasteiger partial charge in [-0.3, -0.25) is 4.79 Å². The number of amides is 1. The highest BCUT2D eigenvalue weighted by atomic mass is 79.9. The van der Waals surface area contributed by atoms with Crippen molar-refractivity contribution in [3.05, 3.63) is 63.6 Å². The number of carbonyl (C=O) groups excluding carboxylic acids is 1. The van der Waals surface area contributed by atoms with Crippen molar-refractivity contribution >= 4 is 27.5 Å². The van der Waals surface area contributed by atoms with Crippen molar-refractivity contribution in [3.63, 3.8) is 0 Å². The van der Waals surface area contributed by atoms with Crippen molar-refractivity contribution in [1.82, 2.24) is 0 Å². The number of nitrogens with zero attached hydrogens (tertiary/aromatic N) is 2. The number of rotatable bonds is 2. The predicted octanol–water partition coefficient (Wildman–Crippen LogP) is 3.91. The number of carbonyl (C=O) groups is 1. The lowest BCUT2D eigenvalue weighted by atomic mass is 10.1. The van der Waals surface area contributed by atoms with E-state index in [1.165, 1.54) is 4.90 Å². The summed E-state index contributed by atoms with van der Waals surface area (Å²) in [5.41, 5.74) is 2.60. The molecule has 0 saturated heterocycles. The second-order valence-corrected chi connectivity index (χ2v) is 5.26. The lowest BCUT2D eigenvalue weighted by Gasteiger charge is -2.20. The number of hydrogen-bond donors (Lipinski definition) is 0. The number of benzene rings is 2. The molecule has 0 saturated carbocycles. The van der Waals surface area contributed by atoms with E-state index < -0.39 is 0 Å². The first-order chi connectivity index (χ1) is 9.56. The number of hydrogen-bond acceptors (Lipinski definition) is 2. The van der Waals surface area contributed by atoms with Gasteiger partial charge in [-0.2, -0.15) is 5.26 Å². The standard InChI is InChI=1S/C16H13BrN2O/c1-11-13(7-5-8-14(11)17)16(20)19(2)15-9-4-3-6-12(15)10-18/h3-9H,1-2H3. The average Bonchev–Trinajstić information content (AvgIpc) is 2.48. The minimum absolute atomic E-state index is 0.133. The molecule has 0 atom stereocenters. The van der Waals surface area contributed by atoms with Crippen LogP contribution in [0.1, 0.15) is 21.5 Å². The number of anilines is 1. The Balaban J connectivity index is 2.44. The van der Waals surface area contributed by atoms with Crippen molar-refractivity contribution in [2.75, 3.05) is 11.9 Å². The number of para-hydroxylation sites is 1. The number of nitriles is 1. The number of halogens is 1. The van der Waals surface area contributed by atoms with Gasteiger partial charge in [0.2, 0.25) is 0 Å². The van der Waals surface area contributed by atoms with Gasteiger partial charge in [0.15, 0.2) is 0 Å². The first kappa shape index (κ1) is 14.3. The lowest BCUT2D eigenvalue weighted by molar-refractivity contribution is 0.0992. The Bertz CT molecular complexity index is 704. The molecule has 0 unspecified atom stereocenters. The maximum Gasteiger partial charge on any atom is 0.258 e. The summed E-state index contributed by atoms with van der Waals surface area (Å²) in [6.45, 7) is 1.89. The van der Waals surface area contributed by atoms with Crippen molar-refractivity contribution in [2.24, 2.45) is 0 Å². The van der Waals surface area contributed by atoms with E-state index in [1.807, 2.05) is 25.1 Å². The van der Waals surface area contributed by atoms with Crippen LogP contribution >= 0.6 is 15.9 Å². The third kappa shape index (κ3) is 2.59. The van der Waals surface area contributed by atoms with Crippen LogP contribution in [0.25, 0.3) is 0 Å². The minimum Gasteiger partial charge on any atom is -0.310 e. The first-order valence-corrected chi connectivity index (χ1v) is 6.88. The van der Waals surface area contributed by atoms with Gasteiger partial charge in [0, 0.05) is 17.1 Å². The summed E-state index contributed by atoms with van der Waals surface area (Å²) in [5, 5.41) is 9.12. The Labute approximate surface area is 126 Å². The van der Waals surface area contributed by atoms with E-state index in [0.717, 1.165) is 10.0 Å². The molecule has 0 bridgehead atoms. The monoisotopic (exact) mass is 328 g/mol. The maximum absolute atomic E-state index is 12.6. The van der Waals surface area contributed by atoms with Crippen LogP contribution in [-0.2, 0) is 0 Å². The molecule has 2 rings (SSSR count). The van der Waals surface area contributed by atoms with Crippen LogP contribution in [0.3, 0.4) is 0 Å². The molecule has 4 heteroatoms. The van der Waals surface area contributed by atoms with Gasteiger partial charge in [0.25, 0.3) is 5.91 Å². The molecule has 0 spiro atoms. The van der Waals surface area contributed by atoms with E-state index in [2.05, 4.69) is 22.0 Å². The molecule has 0 N–H and O–H groups in total. The zero-order chi connectivity index (χ0) is 14.7. The van der Waals surface area contributed by atoms with E-state index in [9.17, 15) is 4.79 Å². The van der Waals surface area contributed by atoms with Gasteiger partial charge in [0.05, 0.1) is 11.3 Å². The zero-order valence-electron chi connectivity index (χ0n) is 11.2. The lowest BCUT2D eigenvalue weighted by Crippen LogP contribution is -2.27. The summed E-state index contributed by atoms with van der Waals surface area (Å²) in [6.07, 6.45) is 0. The van der Waals surface area contributed by atoms with Gasteiger partial charge in [-0.15, -0.1) is 0 Å². The van der Waals surface area contributed by atoms with Crippen LogP contribution in [-0.4, -0.2) is 13.0 Å². The van der Waals surface area contributed by atoms with Crippen LogP contribution in [0.4, 0.5) is 5.69 Å². The van der Waals surface area contributed by atoms with E-state index in [4.69, 9.17) is 5.26 Å². The maximum atomic E-state index is 12.6. The fourth-order valence-electron chi connectivity index (χ4n) is 1.99. The van der Waals surface area contributed by atoms with Crippen molar-refractivity contribution in [3.8, 4) is 6.07 Å². The SMILES string of the molecule is Cc1c(Br)cccc1C(=O)N(C)c1ccccc1C#N. The summed E-state index contributed by atoms with van der Waals surface area (Å²) < 4.78 is 0.894. The summed E-state index contributed by atoms with van der Waals surface area (Å²) in [6, 6.07) is 14.7. The largest absolute Gasteiger partial charge is 0.310 e. The average molecular weight is 329 g/mol. The third-order valence-electron chi connectivity index (χ3n) is 3.19. The van der Waals surface area contributed by atoms with E-state index in [1.54, 1.807) is 31.3 Å². The van der Waals surface area contributed by atoms with Crippen LogP contribution < -0.4 is 4.90 Å². The normalized spacial score (nSPS) is 9.90. The highest BCUT2D eigenvalue weighted by Crippen LogP contribution is 2.24. The van der Waals surface area contributed by atoms with Gasteiger partial charge in [-0.1, -0.05) is 34.1 Å². The minimum atomic E-state index is -0.133.